The van der Waals surface area contributed by atoms with Crippen LogP contribution < -0.4 is 5.32 Å². The Kier molecular flexibility index (Phi) is 6.31. The average Bonchev–Trinajstić information content (AvgIpc) is 3.27. The molecule has 0 bridgehead atoms. The summed E-state index contributed by atoms with van der Waals surface area (Å²) in [5.74, 6) is 0. The van der Waals surface area contributed by atoms with E-state index >= 15 is 0 Å². The highest BCUT2D eigenvalue weighted by Crippen LogP contribution is 2.35. The minimum absolute atomic E-state index is 0.443. The van der Waals surface area contributed by atoms with Crippen LogP contribution in [-0.4, -0.2) is 49.8 Å². The SMILES string of the molecule is CCCCN(CC1(CNC(C)C)CCOCC1)C1CC1. The lowest BCUT2D eigenvalue weighted by atomic mass is 9.79. The van der Waals surface area contributed by atoms with Crippen LogP contribution in [0.2, 0.25) is 0 Å². The van der Waals surface area contributed by atoms with Crippen LogP contribution >= 0.6 is 0 Å². The molecule has 2 aliphatic rings. The standard InChI is InChI=1S/C17H34N2O/c1-4-5-10-19(16-6-7-16)14-17(13-18-15(2)3)8-11-20-12-9-17/h15-16,18H,4-14H2,1-3H3. The molecule has 118 valence electrons. The van der Waals surface area contributed by atoms with E-state index in [1.807, 2.05) is 0 Å². The minimum atomic E-state index is 0.443. The van der Waals surface area contributed by atoms with E-state index in [4.69, 9.17) is 4.74 Å². The predicted octanol–water partition coefficient (Wildman–Crippen LogP) is 3.05. The van der Waals surface area contributed by atoms with Crippen molar-refractivity contribution in [2.45, 2.75) is 71.4 Å². The molecule has 2 rings (SSSR count). The summed E-state index contributed by atoms with van der Waals surface area (Å²) < 4.78 is 5.62. The highest BCUT2D eigenvalue weighted by Gasteiger charge is 2.38. The van der Waals surface area contributed by atoms with E-state index in [1.54, 1.807) is 0 Å². The average molecular weight is 282 g/mol. The van der Waals surface area contributed by atoms with Crippen LogP contribution in [0, 0.1) is 5.41 Å². The van der Waals surface area contributed by atoms with E-state index in [-0.39, 0.29) is 0 Å². The molecule has 20 heavy (non-hydrogen) atoms. The van der Waals surface area contributed by atoms with Gasteiger partial charge in [-0.15, -0.1) is 0 Å². The molecular formula is C17H34N2O. The number of nitrogens with one attached hydrogen (secondary N) is 1. The lowest BCUT2D eigenvalue weighted by Gasteiger charge is -2.42. The topological polar surface area (TPSA) is 24.5 Å². The van der Waals surface area contributed by atoms with Crippen molar-refractivity contribution in [1.29, 1.82) is 0 Å². The van der Waals surface area contributed by atoms with E-state index in [1.165, 1.54) is 51.6 Å². The second-order valence-corrected chi connectivity index (χ2v) is 7.20. The van der Waals surface area contributed by atoms with E-state index < -0.39 is 0 Å². The van der Waals surface area contributed by atoms with Gasteiger partial charge in [0.1, 0.15) is 0 Å². The van der Waals surface area contributed by atoms with Crippen molar-refractivity contribution in [3.63, 3.8) is 0 Å². The van der Waals surface area contributed by atoms with Crippen LogP contribution in [-0.2, 0) is 4.74 Å². The van der Waals surface area contributed by atoms with E-state index in [0.29, 0.717) is 11.5 Å². The Bertz CT molecular complexity index is 270. The lowest BCUT2D eigenvalue weighted by molar-refractivity contribution is -0.00690. The summed E-state index contributed by atoms with van der Waals surface area (Å²) in [5.41, 5.74) is 0.443. The molecule has 0 unspecified atom stereocenters. The fourth-order valence-corrected chi connectivity index (χ4v) is 3.24. The maximum atomic E-state index is 5.62. The van der Waals surface area contributed by atoms with Crippen LogP contribution in [0.1, 0.15) is 59.3 Å². The molecule has 1 heterocycles. The summed E-state index contributed by atoms with van der Waals surface area (Å²) in [5, 5.41) is 3.69. The van der Waals surface area contributed by atoms with E-state index in [9.17, 15) is 0 Å². The molecule has 0 aromatic carbocycles. The summed E-state index contributed by atoms with van der Waals surface area (Å²) in [6.07, 6.45) is 7.95. The monoisotopic (exact) mass is 282 g/mol. The van der Waals surface area contributed by atoms with Gasteiger partial charge in [-0.3, -0.25) is 4.90 Å². The Morgan fingerprint density at radius 2 is 1.95 bits per heavy atom. The maximum Gasteiger partial charge on any atom is 0.0472 e. The quantitative estimate of drug-likeness (QED) is 0.703. The predicted molar refractivity (Wildman–Crippen MR) is 85.1 cm³/mol. The molecule has 1 saturated carbocycles. The molecule has 1 N–H and O–H groups in total. The summed E-state index contributed by atoms with van der Waals surface area (Å²) in [6, 6.07) is 1.47. The number of hydrogen-bond acceptors (Lipinski definition) is 3. The van der Waals surface area contributed by atoms with Gasteiger partial charge in [-0.25, -0.2) is 0 Å². The van der Waals surface area contributed by atoms with Gasteiger partial charge in [0.15, 0.2) is 0 Å². The van der Waals surface area contributed by atoms with Gasteiger partial charge in [-0.2, -0.15) is 0 Å². The number of ether oxygens (including phenoxy) is 1. The normalized spacial score (nSPS) is 22.6. The Hall–Kier alpha value is -0.120. The first-order valence-corrected chi connectivity index (χ1v) is 8.70. The lowest BCUT2D eigenvalue weighted by Crippen LogP contribution is -2.49. The van der Waals surface area contributed by atoms with Gasteiger partial charge in [-0.1, -0.05) is 27.2 Å². The van der Waals surface area contributed by atoms with Crippen molar-refractivity contribution < 1.29 is 4.74 Å². The smallest absolute Gasteiger partial charge is 0.0472 e. The number of hydrogen-bond donors (Lipinski definition) is 1. The molecule has 1 aliphatic heterocycles. The summed E-state index contributed by atoms with van der Waals surface area (Å²) in [6.45, 7) is 12.4. The Labute approximate surface area is 125 Å². The van der Waals surface area contributed by atoms with Crippen molar-refractivity contribution in [2.24, 2.45) is 5.41 Å². The molecule has 1 aliphatic carbocycles. The molecule has 0 aromatic rings. The number of rotatable bonds is 9. The van der Waals surface area contributed by atoms with Crippen LogP contribution in [0.25, 0.3) is 0 Å². The van der Waals surface area contributed by atoms with Crippen LogP contribution in [0.5, 0.6) is 0 Å². The first-order chi connectivity index (χ1) is 9.65. The molecule has 0 amide bonds. The van der Waals surface area contributed by atoms with Crippen molar-refractivity contribution >= 4 is 0 Å². The maximum absolute atomic E-state index is 5.62. The molecule has 2 fully saturated rings. The Morgan fingerprint density at radius 1 is 1.25 bits per heavy atom. The Morgan fingerprint density at radius 3 is 2.50 bits per heavy atom. The van der Waals surface area contributed by atoms with Gasteiger partial charge >= 0.3 is 0 Å². The zero-order chi connectivity index (χ0) is 14.4. The Balaban J connectivity index is 1.93. The summed E-state index contributed by atoms with van der Waals surface area (Å²) >= 11 is 0. The van der Waals surface area contributed by atoms with Crippen molar-refractivity contribution in [3.05, 3.63) is 0 Å². The summed E-state index contributed by atoms with van der Waals surface area (Å²) in [4.78, 5) is 2.79. The van der Waals surface area contributed by atoms with Crippen molar-refractivity contribution in [2.75, 3.05) is 32.8 Å². The third kappa shape index (κ3) is 5.01. The largest absolute Gasteiger partial charge is 0.381 e. The second kappa shape index (κ2) is 7.77. The fraction of sp³-hybridized carbons (Fsp3) is 1.00. The third-order valence-corrected chi connectivity index (χ3v) is 4.84. The highest BCUT2D eigenvalue weighted by atomic mass is 16.5. The minimum Gasteiger partial charge on any atom is -0.381 e. The van der Waals surface area contributed by atoms with Gasteiger partial charge < -0.3 is 10.1 Å². The molecule has 0 aromatic heterocycles. The number of nitrogens with zero attached hydrogens (tertiary/aromatic N) is 1. The molecule has 0 radical (unpaired) electrons. The van der Waals surface area contributed by atoms with Gasteiger partial charge in [-0.05, 0) is 44.1 Å². The van der Waals surface area contributed by atoms with Crippen LogP contribution in [0.15, 0.2) is 0 Å². The van der Waals surface area contributed by atoms with Crippen molar-refractivity contribution in [3.8, 4) is 0 Å². The highest BCUT2D eigenvalue weighted by molar-refractivity contribution is 4.93. The van der Waals surface area contributed by atoms with E-state index in [2.05, 4.69) is 31.0 Å². The molecule has 1 saturated heterocycles. The van der Waals surface area contributed by atoms with Gasteiger partial charge in [0.05, 0.1) is 0 Å². The summed E-state index contributed by atoms with van der Waals surface area (Å²) in [7, 11) is 0. The zero-order valence-corrected chi connectivity index (χ0v) is 13.8. The van der Waals surface area contributed by atoms with Gasteiger partial charge in [0.2, 0.25) is 0 Å². The molecule has 3 nitrogen and oxygen atoms in total. The van der Waals surface area contributed by atoms with Gasteiger partial charge in [0, 0.05) is 38.4 Å². The molecule has 0 atom stereocenters. The fourth-order valence-electron chi connectivity index (χ4n) is 3.24. The second-order valence-electron chi connectivity index (χ2n) is 7.20. The molecular weight excluding hydrogens is 248 g/mol. The van der Waals surface area contributed by atoms with Crippen LogP contribution in [0.4, 0.5) is 0 Å². The van der Waals surface area contributed by atoms with Gasteiger partial charge in [0.25, 0.3) is 0 Å². The first kappa shape index (κ1) is 16.3. The third-order valence-electron chi connectivity index (χ3n) is 4.84. The zero-order valence-electron chi connectivity index (χ0n) is 13.8. The molecule has 0 spiro atoms. The first-order valence-electron chi connectivity index (χ1n) is 8.70. The number of unbranched alkanes of at least 4 members (excludes halogenated alkanes) is 1. The van der Waals surface area contributed by atoms with Crippen LogP contribution in [0.3, 0.4) is 0 Å². The molecule has 3 heteroatoms. The van der Waals surface area contributed by atoms with Crippen molar-refractivity contribution in [1.82, 2.24) is 10.2 Å². The van der Waals surface area contributed by atoms with E-state index in [0.717, 1.165) is 25.8 Å².